The molecule has 1 amide bonds. The molecule has 0 unspecified atom stereocenters. The lowest BCUT2D eigenvalue weighted by molar-refractivity contribution is -0.145. The van der Waals surface area contributed by atoms with Gasteiger partial charge in [0.2, 0.25) is 5.91 Å². The van der Waals surface area contributed by atoms with Crippen molar-refractivity contribution >= 4 is 11.9 Å². The third-order valence-corrected chi connectivity index (χ3v) is 4.19. The van der Waals surface area contributed by atoms with Crippen LogP contribution in [-0.4, -0.2) is 58.8 Å². The van der Waals surface area contributed by atoms with Gasteiger partial charge in [0.15, 0.2) is 0 Å². The highest BCUT2D eigenvalue weighted by molar-refractivity contribution is 5.76. The van der Waals surface area contributed by atoms with E-state index < -0.39 is 11.6 Å². The Balaban J connectivity index is 1.84. The Morgan fingerprint density at radius 3 is 2.68 bits per heavy atom. The van der Waals surface area contributed by atoms with Gasteiger partial charge in [-0.3, -0.25) is 14.5 Å². The third kappa shape index (κ3) is 3.91. The second-order valence-corrected chi connectivity index (χ2v) is 5.71. The maximum atomic E-state index is 11.3. The molecule has 3 N–H and O–H groups in total. The van der Waals surface area contributed by atoms with Crippen LogP contribution in [0.4, 0.5) is 0 Å². The molecule has 1 heterocycles. The van der Waals surface area contributed by atoms with Gasteiger partial charge in [-0.1, -0.05) is 0 Å². The number of hydrogen-bond acceptors (Lipinski definition) is 4. The molecule has 1 aliphatic carbocycles. The Bertz CT molecular complexity index is 351. The summed E-state index contributed by atoms with van der Waals surface area (Å²) in [5, 5.41) is 22.3. The lowest BCUT2D eigenvalue weighted by Gasteiger charge is -2.38. The SMILES string of the molecule is O=C1CCN(CC2(O)CCC(C(=O)O)CC2)CCN1. The van der Waals surface area contributed by atoms with E-state index in [2.05, 4.69) is 10.2 Å². The summed E-state index contributed by atoms with van der Waals surface area (Å²) in [4.78, 5) is 24.2. The molecule has 1 saturated carbocycles. The summed E-state index contributed by atoms with van der Waals surface area (Å²) in [7, 11) is 0. The molecule has 0 aromatic rings. The van der Waals surface area contributed by atoms with Gasteiger partial charge in [-0.15, -0.1) is 0 Å². The molecule has 2 aliphatic rings. The smallest absolute Gasteiger partial charge is 0.306 e. The van der Waals surface area contributed by atoms with Crippen LogP contribution in [0.25, 0.3) is 0 Å². The lowest BCUT2D eigenvalue weighted by Crippen LogP contribution is -2.47. The number of carboxylic acid groups (broad SMARTS) is 1. The summed E-state index contributed by atoms with van der Waals surface area (Å²) in [5.74, 6) is -1.01. The van der Waals surface area contributed by atoms with Gasteiger partial charge in [0, 0.05) is 32.6 Å². The standard InChI is InChI=1S/C13H22N2O4/c16-11-3-7-15(8-6-14-11)9-13(19)4-1-10(2-5-13)12(17)18/h10,19H,1-9H2,(H,14,16)(H,17,18). The van der Waals surface area contributed by atoms with Crippen molar-refractivity contribution in [3.05, 3.63) is 0 Å². The first-order valence-corrected chi connectivity index (χ1v) is 6.93. The minimum atomic E-state index is -0.792. The van der Waals surface area contributed by atoms with Crippen molar-refractivity contribution in [3.8, 4) is 0 Å². The number of hydrogen-bond donors (Lipinski definition) is 3. The molecule has 0 aromatic carbocycles. The molecule has 0 bridgehead atoms. The normalized spacial score (nSPS) is 33.5. The molecule has 2 fully saturated rings. The third-order valence-electron chi connectivity index (χ3n) is 4.19. The number of β-amino-alcohol motifs (C(OH)–C–C–N with tert-alkyl or cyclic N) is 1. The van der Waals surface area contributed by atoms with E-state index in [0.717, 1.165) is 6.54 Å². The summed E-state index contributed by atoms with van der Waals surface area (Å²) in [6, 6.07) is 0. The number of nitrogens with one attached hydrogen (secondary N) is 1. The van der Waals surface area contributed by atoms with Crippen LogP contribution in [0, 0.1) is 5.92 Å². The van der Waals surface area contributed by atoms with E-state index in [9.17, 15) is 14.7 Å². The number of carboxylic acids is 1. The molecule has 1 aliphatic heterocycles. The van der Waals surface area contributed by atoms with Crippen LogP contribution in [0.5, 0.6) is 0 Å². The van der Waals surface area contributed by atoms with Crippen molar-refractivity contribution in [2.45, 2.75) is 37.7 Å². The molecule has 1 saturated heterocycles. The zero-order valence-electron chi connectivity index (χ0n) is 11.1. The molecule has 6 heteroatoms. The first kappa shape index (κ1) is 14.3. The van der Waals surface area contributed by atoms with E-state index in [1.54, 1.807) is 0 Å². The van der Waals surface area contributed by atoms with Crippen LogP contribution in [0.15, 0.2) is 0 Å². The number of aliphatic carboxylic acids is 1. The fourth-order valence-corrected chi connectivity index (χ4v) is 2.95. The average molecular weight is 270 g/mol. The molecular weight excluding hydrogens is 248 g/mol. The Hall–Kier alpha value is -1.14. The Kier molecular flexibility index (Phi) is 4.42. The predicted octanol–water partition coefficient (Wildman–Crippen LogP) is -0.186. The second-order valence-electron chi connectivity index (χ2n) is 5.71. The minimum absolute atomic E-state index is 0.0593. The summed E-state index contributed by atoms with van der Waals surface area (Å²) in [5.41, 5.74) is -0.792. The first-order chi connectivity index (χ1) is 8.98. The Morgan fingerprint density at radius 1 is 1.37 bits per heavy atom. The van der Waals surface area contributed by atoms with Crippen molar-refractivity contribution in [1.82, 2.24) is 10.2 Å². The Labute approximate surface area is 112 Å². The van der Waals surface area contributed by atoms with Crippen LogP contribution < -0.4 is 5.32 Å². The van der Waals surface area contributed by atoms with Crippen LogP contribution in [-0.2, 0) is 9.59 Å². The maximum Gasteiger partial charge on any atom is 0.306 e. The quantitative estimate of drug-likeness (QED) is 0.661. The van der Waals surface area contributed by atoms with Crippen molar-refractivity contribution in [3.63, 3.8) is 0 Å². The zero-order valence-corrected chi connectivity index (χ0v) is 11.1. The minimum Gasteiger partial charge on any atom is -0.481 e. The predicted molar refractivity (Wildman–Crippen MR) is 68.6 cm³/mol. The topological polar surface area (TPSA) is 89.9 Å². The fraction of sp³-hybridized carbons (Fsp3) is 0.846. The van der Waals surface area contributed by atoms with Gasteiger partial charge in [0.1, 0.15) is 0 Å². The van der Waals surface area contributed by atoms with Crippen molar-refractivity contribution in [2.24, 2.45) is 5.92 Å². The summed E-state index contributed by atoms with van der Waals surface area (Å²) in [6.07, 6.45) is 2.60. The Morgan fingerprint density at radius 2 is 2.05 bits per heavy atom. The summed E-state index contributed by atoms with van der Waals surface area (Å²) in [6.45, 7) is 2.56. The van der Waals surface area contributed by atoms with Gasteiger partial charge in [0.25, 0.3) is 0 Å². The van der Waals surface area contributed by atoms with Gasteiger partial charge in [-0.25, -0.2) is 0 Å². The number of aliphatic hydroxyl groups is 1. The van der Waals surface area contributed by atoms with Crippen LogP contribution in [0.1, 0.15) is 32.1 Å². The lowest BCUT2D eigenvalue weighted by atomic mass is 9.78. The zero-order chi connectivity index (χ0) is 13.9. The maximum absolute atomic E-state index is 11.3. The molecule has 0 spiro atoms. The van der Waals surface area contributed by atoms with Gasteiger partial charge >= 0.3 is 5.97 Å². The molecule has 108 valence electrons. The molecule has 0 radical (unpaired) electrons. The van der Waals surface area contributed by atoms with Crippen LogP contribution in [0.3, 0.4) is 0 Å². The molecule has 6 nitrogen and oxygen atoms in total. The van der Waals surface area contributed by atoms with Crippen LogP contribution >= 0.6 is 0 Å². The second kappa shape index (κ2) is 5.88. The van der Waals surface area contributed by atoms with Crippen molar-refractivity contribution < 1.29 is 19.8 Å². The van der Waals surface area contributed by atoms with E-state index in [1.807, 2.05) is 0 Å². The monoisotopic (exact) mass is 270 g/mol. The summed E-state index contributed by atoms with van der Waals surface area (Å²) < 4.78 is 0. The molecular formula is C13H22N2O4. The molecule has 0 atom stereocenters. The van der Waals surface area contributed by atoms with E-state index in [-0.39, 0.29) is 11.8 Å². The average Bonchev–Trinajstić information content (AvgIpc) is 2.54. The van der Waals surface area contributed by atoms with Gasteiger partial charge in [-0.05, 0) is 25.7 Å². The largest absolute Gasteiger partial charge is 0.481 e. The fourth-order valence-electron chi connectivity index (χ4n) is 2.95. The van der Waals surface area contributed by atoms with E-state index in [1.165, 1.54) is 0 Å². The number of carbonyl (C=O) groups excluding carboxylic acids is 1. The molecule has 19 heavy (non-hydrogen) atoms. The van der Waals surface area contributed by atoms with Gasteiger partial charge in [-0.2, -0.15) is 0 Å². The van der Waals surface area contributed by atoms with E-state index >= 15 is 0 Å². The van der Waals surface area contributed by atoms with Gasteiger partial charge in [0.05, 0.1) is 11.5 Å². The van der Waals surface area contributed by atoms with Gasteiger partial charge < -0.3 is 15.5 Å². The molecule has 2 rings (SSSR count). The number of rotatable bonds is 3. The first-order valence-electron chi connectivity index (χ1n) is 6.93. The number of carbonyl (C=O) groups is 2. The van der Waals surface area contributed by atoms with E-state index in [0.29, 0.717) is 51.7 Å². The highest BCUT2D eigenvalue weighted by Gasteiger charge is 2.37. The van der Waals surface area contributed by atoms with Crippen LogP contribution in [0.2, 0.25) is 0 Å². The number of nitrogens with zero attached hydrogens (tertiary/aromatic N) is 1. The highest BCUT2D eigenvalue weighted by Crippen LogP contribution is 2.33. The molecule has 0 aromatic heterocycles. The summed E-state index contributed by atoms with van der Waals surface area (Å²) >= 11 is 0. The highest BCUT2D eigenvalue weighted by atomic mass is 16.4. The number of amides is 1. The van der Waals surface area contributed by atoms with E-state index in [4.69, 9.17) is 5.11 Å². The van der Waals surface area contributed by atoms with Crippen molar-refractivity contribution in [2.75, 3.05) is 26.2 Å². The van der Waals surface area contributed by atoms with Crippen molar-refractivity contribution in [1.29, 1.82) is 0 Å².